The largest absolute Gasteiger partial charge is 0.393 e. The molecule has 1 aliphatic rings. The molecule has 0 bridgehead atoms. The van der Waals surface area contributed by atoms with Gasteiger partial charge in [0.05, 0.1) is 18.1 Å². The van der Waals surface area contributed by atoms with Gasteiger partial charge in [-0.25, -0.2) is 0 Å². The molecule has 1 aliphatic carbocycles. The Balaban J connectivity index is 2.47. The Labute approximate surface area is 66.3 Å². The quantitative estimate of drug-likeness (QED) is 0.515. The molecule has 0 aromatic rings. The van der Waals surface area contributed by atoms with Crippen molar-refractivity contribution in [1.29, 1.82) is 5.26 Å². The van der Waals surface area contributed by atoms with Crippen molar-refractivity contribution in [2.75, 3.05) is 0 Å². The second kappa shape index (κ2) is 3.27. The van der Waals surface area contributed by atoms with Crippen molar-refractivity contribution in [1.82, 2.24) is 0 Å². The van der Waals surface area contributed by atoms with Crippen LogP contribution in [0.1, 0.15) is 19.3 Å². The molecule has 1 fully saturated rings. The van der Waals surface area contributed by atoms with Crippen molar-refractivity contribution in [3.63, 3.8) is 0 Å². The Bertz CT molecular complexity index is 154. The lowest BCUT2D eigenvalue weighted by atomic mass is 9.88. The lowest BCUT2D eigenvalue weighted by Gasteiger charge is -2.25. The number of hydrogen-bond donors (Lipinski definition) is 2. The van der Waals surface area contributed by atoms with Crippen LogP contribution in [0.3, 0.4) is 0 Å². The molecule has 1 rings (SSSR count). The molecule has 2 nitrogen and oxygen atoms in total. The highest BCUT2D eigenvalue weighted by Gasteiger charge is 2.26. The Hall–Kier alpha value is -0.200. The third kappa shape index (κ3) is 1.65. The van der Waals surface area contributed by atoms with Crippen LogP contribution in [0.15, 0.2) is 0 Å². The van der Waals surface area contributed by atoms with Gasteiger partial charge in [0.2, 0.25) is 0 Å². The van der Waals surface area contributed by atoms with E-state index in [0.717, 1.165) is 12.8 Å². The third-order valence-corrected chi connectivity index (χ3v) is 2.57. The summed E-state index contributed by atoms with van der Waals surface area (Å²) < 4.78 is 0. The van der Waals surface area contributed by atoms with Crippen LogP contribution in [0.25, 0.3) is 0 Å². The summed E-state index contributed by atoms with van der Waals surface area (Å²) in [6.45, 7) is 0. The number of hydrogen-bond acceptors (Lipinski definition) is 3. The number of nitriles is 1. The Kier molecular flexibility index (Phi) is 2.58. The Morgan fingerprint density at radius 1 is 1.50 bits per heavy atom. The first kappa shape index (κ1) is 7.90. The fourth-order valence-corrected chi connectivity index (χ4v) is 1.61. The summed E-state index contributed by atoms with van der Waals surface area (Å²) in [5.41, 5.74) is 0. The lowest BCUT2D eigenvalue weighted by Crippen LogP contribution is -2.27. The van der Waals surface area contributed by atoms with Gasteiger partial charge in [-0.1, -0.05) is 0 Å². The standard InChI is InChI=1S/C7H11NOS/c8-4-5-3-6(9)1-2-7(5)10/h5-7,9-10H,1-3H2. The first-order valence-electron chi connectivity index (χ1n) is 3.50. The van der Waals surface area contributed by atoms with Crippen molar-refractivity contribution in [2.45, 2.75) is 30.6 Å². The average Bonchev–Trinajstić information content (AvgIpc) is 1.94. The van der Waals surface area contributed by atoms with Gasteiger partial charge >= 0.3 is 0 Å². The van der Waals surface area contributed by atoms with Gasteiger partial charge in [-0.15, -0.1) is 0 Å². The second-order valence-corrected chi connectivity index (χ2v) is 3.43. The van der Waals surface area contributed by atoms with Crippen LogP contribution in [0.5, 0.6) is 0 Å². The van der Waals surface area contributed by atoms with E-state index in [1.54, 1.807) is 0 Å². The van der Waals surface area contributed by atoms with E-state index in [1.807, 2.05) is 0 Å². The number of thiol groups is 1. The minimum Gasteiger partial charge on any atom is -0.393 e. The highest BCUT2D eigenvalue weighted by molar-refractivity contribution is 7.81. The molecule has 10 heavy (non-hydrogen) atoms. The number of nitrogens with zero attached hydrogens (tertiary/aromatic N) is 1. The van der Waals surface area contributed by atoms with Crippen LogP contribution >= 0.6 is 12.6 Å². The van der Waals surface area contributed by atoms with E-state index in [1.165, 1.54) is 0 Å². The maximum absolute atomic E-state index is 9.14. The zero-order valence-electron chi connectivity index (χ0n) is 5.70. The highest BCUT2D eigenvalue weighted by Crippen LogP contribution is 2.27. The molecule has 0 spiro atoms. The predicted octanol–water partition coefficient (Wildman–Crippen LogP) is 0.969. The maximum Gasteiger partial charge on any atom is 0.0668 e. The zero-order chi connectivity index (χ0) is 7.56. The minimum absolute atomic E-state index is 0.0490. The molecule has 0 aromatic carbocycles. The van der Waals surface area contributed by atoms with E-state index in [-0.39, 0.29) is 17.3 Å². The normalized spacial score (nSPS) is 40.7. The van der Waals surface area contributed by atoms with Crippen LogP contribution in [-0.2, 0) is 0 Å². The summed E-state index contributed by atoms with van der Waals surface area (Å²) in [6.07, 6.45) is 1.99. The van der Waals surface area contributed by atoms with E-state index < -0.39 is 0 Å². The summed E-state index contributed by atoms with van der Waals surface area (Å²) in [5, 5.41) is 17.9. The molecule has 0 saturated heterocycles. The monoisotopic (exact) mass is 157 g/mol. The van der Waals surface area contributed by atoms with E-state index >= 15 is 0 Å². The van der Waals surface area contributed by atoms with Gasteiger partial charge in [-0.05, 0) is 19.3 Å². The fourth-order valence-electron chi connectivity index (χ4n) is 1.27. The van der Waals surface area contributed by atoms with E-state index in [2.05, 4.69) is 18.7 Å². The van der Waals surface area contributed by atoms with Gasteiger partial charge in [0, 0.05) is 5.25 Å². The summed E-state index contributed by atoms with van der Waals surface area (Å²) in [4.78, 5) is 0. The molecular formula is C7H11NOS. The van der Waals surface area contributed by atoms with Crippen LogP contribution in [0.4, 0.5) is 0 Å². The number of rotatable bonds is 0. The van der Waals surface area contributed by atoms with E-state index in [9.17, 15) is 0 Å². The molecule has 0 heterocycles. The molecule has 56 valence electrons. The van der Waals surface area contributed by atoms with Crippen LogP contribution in [-0.4, -0.2) is 16.5 Å². The average molecular weight is 157 g/mol. The van der Waals surface area contributed by atoms with Crippen molar-refractivity contribution >= 4 is 12.6 Å². The smallest absolute Gasteiger partial charge is 0.0668 e. The number of aliphatic hydroxyl groups excluding tert-OH is 1. The summed E-state index contributed by atoms with van der Waals surface area (Å²) in [7, 11) is 0. The van der Waals surface area contributed by atoms with Crippen molar-refractivity contribution in [3.05, 3.63) is 0 Å². The van der Waals surface area contributed by atoms with Crippen LogP contribution in [0.2, 0.25) is 0 Å². The van der Waals surface area contributed by atoms with Gasteiger partial charge in [0.25, 0.3) is 0 Å². The maximum atomic E-state index is 9.14. The van der Waals surface area contributed by atoms with Crippen molar-refractivity contribution < 1.29 is 5.11 Å². The SMILES string of the molecule is N#CC1CC(O)CCC1S. The second-order valence-electron chi connectivity index (χ2n) is 2.77. The van der Waals surface area contributed by atoms with E-state index in [4.69, 9.17) is 10.4 Å². The first-order chi connectivity index (χ1) is 4.74. The van der Waals surface area contributed by atoms with Gasteiger partial charge in [0.1, 0.15) is 0 Å². The third-order valence-electron chi connectivity index (χ3n) is 1.95. The molecule has 3 unspecified atom stereocenters. The molecule has 0 aliphatic heterocycles. The van der Waals surface area contributed by atoms with Crippen LogP contribution < -0.4 is 0 Å². The number of aliphatic hydroxyl groups is 1. The molecular weight excluding hydrogens is 146 g/mol. The minimum atomic E-state index is -0.270. The van der Waals surface area contributed by atoms with Gasteiger partial charge in [-0.2, -0.15) is 17.9 Å². The lowest BCUT2D eigenvalue weighted by molar-refractivity contribution is 0.118. The molecule has 3 atom stereocenters. The molecule has 0 radical (unpaired) electrons. The topological polar surface area (TPSA) is 44.0 Å². The van der Waals surface area contributed by atoms with Gasteiger partial charge in [-0.3, -0.25) is 0 Å². The zero-order valence-corrected chi connectivity index (χ0v) is 6.59. The molecule has 0 amide bonds. The Morgan fingerprint density at radius 3 is 2.70 bits per heavy atom. The predicted molar refractivity (Wildman–Crippen MR) is 41.7 cm³/mol. The Morgan fingerprint density at radius 2 is 2.20 bits per heavy atom. The van der Waals surface area contributed by atoms with Crippen molar-refractivity contribution in [3.8, 4) is 6.07 Å². The first-order valence-corrected chi connectivity index (χ1v) is 4.01. The van der Waals surface area contributed by atoms with Crippen molar-refractivity contribution in [2.24, 2.45) is 5.92 Å². The molecule has 1 N–H and O–H groups in total. The summed E-state index contributed by atoms with van der Waals surface area (Å²) >= 11 is 4.24. The summed E-state index contributed by atoms with van der Waals surface area (Å²) in [5.74, 6) is -0.0490. The molecule has 0 aromatic heterocycles. The van der Waals surface area contributed by atoms with Gasteiger partial charge in [0.15, 0.2) is 0 Å². The molecule has 3 heteroatoms. The summed E-state index contributed by atoms with van der Waals surface area (Å²) in [6, 6.07) is 2.15. The van der Waals surface area contributed by atoms with Gasteiger partial charge < -0.3 is 5.11 Å². The van der Waals surface area contributed by atoms with Crippen LogP contribution in [0, 0.1) is 17.2 Å². The molecule has 1 saturated carbocycles. The van der Waals surface area contributed by atoms with E-state index in [0.29, 0.717) is 6.42 Å². The fraction of sp³-hybridized carbons (Fsp3) is 0.857. The highest BCUT2D eigenvalue weighted by atomic mass is 32.1.